The first-order valence-corrected chi connectivity index (χ1v) is 8.05. The molecular weight excluding hydrogens is 270 g/mol. The highest BCUT2D eigenvalue weighted by Crippen LogP contribution is 2.26. The molecule has 0 radical (unpaired) electrons. The van der Waals surface area contributed by atoms with Crippen LogP contribution in [0.1, 0.15) is 19.0 Å². The first-order chi connectivity index (χ1) is 9.76. The molecule has 4 nitrogen and oxygen atoms in total. The van der Waals surface area contributed by atoms with E-state index in [9.17, 15) is 0 Å². The highest BCUT2D eigenvalue weighted by molar-refractivity contribution is 7.13. The van der Waals surface area contributed by atoms with Gasteiger partial charge in [-0.2, -0.15) is 0 Å². The molecule has 0 amide bonds. The fourth-order valence-corrected chi connectivity index (χ4v) is 3.45. The molecule has 2 N–H and O–H groups in total. The van der Waals surface area contributed by atoms with Crippen molar-refractivity contribution in [1.29, 1.82) is 0 Å². The van der Waals surface area contributed by atoms with Crippen LogP contribution in [-0.2, 0) is 6.54 Å². The van der Waals surface area contributed by atoms with E-state index in [1.807, 2.05) is 17.5 Å². The molecule has 20 heavy (non-hydrogen) atoms. The highest BCUT2D eigenvalue weighted by atomic mass is 32.1. The quantitative estimate of drug-likeness (QED) is 0.941. The van der Waals surface area contributed by atoms with Gasteiger partial charge in [0.25, 0.3) is 0 Å². The smallest absolute Gasteiger partial charge is 0.236 e. The minimum Gasteiger partial charge on any atom is -0.444 e. The predicted octanol–water partition coefficient (Wildman–Crippen LogP) is 2.82. The molecule has 0 spiro atoms. The summed E-state index contributed by atoms with van der Waals surface area (Å²) in [4.78, 5) is 8.11. The molecule has 3 heterocycles. The summed E-state index contributed by atoms with van der Waals surface area (Å²) in [6.45, 7) is 6.13. The normalized spacial score (nSPS) is 24.1. The van der Waals surface area contributed by atoms with E-state index in [0.717, 1.165) is 48.6 Å². The Balaban J connectivity index is 1.64. The van der Waals surface area contributed by atoms with Gasteiger partial charge in [-0.15, -0.1) is 11.3 Å². The topological polar surface area (TPSA) is 55.3 Å². The van der Waals surface area contributed by atoms with Crippen molar-refractivity contribution >= 4 is 11.3 Å². The van der Waals surface area contributed by atoms with Crippen LogP contribution in [0, 0.1) is 11.8 Å². The summed E-state index contributed by atoms with van der Waals surface area (Å²) < 4.78 is 5.57. The van der Waals surface area contributed by atoms with E-state index in [2.05, 4.69) is 16.8 Å². The molecule has 2 aromatic heterocycles. The number of nitrogens with zero attached hydrogens (tertiary/aromatic N) is 2. The van der Waals surface area contributed by atoms with Crippen LogP contribution in [0.3, 0.4) is 0 Å². The van der Waals surface area contributed by atoms with Gasteiger partial charge in [0.2, 0.25) is 5.89 Å². The number of hydrogen-bond acceptors (Lipinski definition) is 5. The molecule has 1 aliphatic rings. The predicted molar refractivity (Wildman–Crippen MR) is 81.4 cm³/mol. The lowest BCUT2D eigenvalue weighted by molar-refractivity contribution is 0.125. The van der Waals surface area contributed by atoms with E-state index in [4.69, 9.17) is 10.2 Å². The van der Waals surface area contributed by atoms with Crippen molar-refractivity contribution in [3.05, 3.63) is 29.5 Å². The average molecular weight is 291 g/mol. The van der Waals surface area contributed by atoms with Gasteiger partial charge in [0, 0.05) is 13.1 Å². The molecule has 0 aliphatic carbocycles. The lowest BCUT2D eigenvalue weighted by atomic mass is 9.87. The summed E-state index contributed by atoms with van der Waals surface area (Å²) in [6.07, 6.45) is 3.00. The van der Waals surface area contributed by atoms with E-state index in [-0.39, 0.29) is 0 Å². The third kappa shape index (κ3) is 2.95. The monoisotopic (exact) mass is 291 g/mol. The Morgan fingerprint density at radius 3 is 3.20 bits per heavy atom. The minimum absolute atomic E-state index is 0.604. The third-order valence-corrected chi connectivity index (χ3v) is 5.03. The van der Waals surface area contributed by atoms with Crippen LogP contribution in [0.15, 0.2) is 28.2 Å². The number of oxazole rings is 1. The number of hydrogen-bond donors (Lipinski definition) is 1. The van der Waals surface area contributed by atoms with Gasteiger partial charge in [-0.3, -0.25) is 4.90 Å². The Kier molecular flexibility index (Phi) is 4.19. The van der Waals surface area contributed by atoms with Crippen LogP contribution in [-0.4, -0.2) is 29.5 Å². The molecule has 0 aromatic carbocycles. The van der Waals surface area contributed by atoms with Crippen molar-refractivity contribution in [2.45, 2.75) is 19.9 Å². The zero-order valence-electron chi connectivity index (χ0n) is 11.8. The third-order valence-electron chi connectivity index (χ3n) is 4.17. The maximum absolute atomic E-state index is 5.86. The van der Waals surface area contributed by atoms with Crippen molar-refractivity contribution < 1.29 is 4.42 Å². The summed E-state index contributed by atoms with van der Waals surface area (Å²) in [6, 6.07) is 4.05. The van der Waals surface area contributed by atoms with E-state index in [1.165, 1.54) is 6.42 Å². The van der Waals surface area contributed by atoms with Gasteiger partial charge in [0.15, 0.2) is 0 Å². The molecule has 0 saturated carbocycles. The van der Waals surface area contributed by atoms with E-state index in [1.54, 1.807) is 17.6 Å². The van der Waals surface area contributed by atoms with Crippen LogP contribution in [0.5, 0.6) is 0 Å². The molecule has 1 fully saturated rings. The first kappa shape index (κ1) is 13.8. The summed E-state index contributed by atoms with van der Waals surface area (Å²) >= 11 is 1.65. The van der Waals surface area contributed by atoms with Gasteiger partial charge < -0.3 is 10.2 Å². The molecule has 5 heteroatoms. The van der Waals surface area contributed by atoms with Gasteiger partial charge in [-0.1, -0.05) is 13.0 Å². The number of piperidine rings is 1. The number of aromatic nitrogens is 1. The molecule has 2 atom stereocenters. The second kappa shape index (κ2) is 6.08. The Morgan fingerprint density at radius 1 is 1.55 bits per heavy atom. The van der Waals surface area contributed by atoms with Crippen LogP contribution in [0.25, 0.3) is 10.8 Å². The summed E-state index contributed by atoms with van der Waals surface area (Å²) in [5.41, 5.74) is 6.87. The largest absolute Gasteiger partial charge is 0.444 e. The minimum atomic E-state index is 0.604. The maximum atomic E-state index is 5.86. The first-order valence-electron chi connectivity index (χ1n) is 7.17. The molecule has 0 bridgehead atoms. The second-order valence-corrected chi connectivity index (χ2v) is 6.57. The fraction of sp³-hybridized carbons (Fsp3) is 0.533. The van der Waals surface area contributed by atoms with Gasteiger partial charge in [-0.25, -0.2) is 4.98 Å². The van der Waals surface area contributed by atoms with Crippen LogP contribution in [0.4, 0.5) is 0 Å². The van der Waals surface area contributed by atoms with Crippen molar-refractivity contribution in [3.63, 3.8) is 0 Å². The van der Waals surface area contributed by atoms with Crippen molar-refractivity contribution in [2.24, 2.45) is 17.6 Å². The average Bonchev–Trinajstić information content (AvgIpc) is 3.11. The van der Waals surface area contributed by atoms with E-state index in [0.29, 0.717) is 5.92 Å². The molecule has 2 aromatic rings. The second-order valence-electron chi connectivity index (χ2n) is 5.62. The number of rotatable bonds is 4. The molecule has 1 aliphatic heterocycles. The summed E-state index contributed by atoms with van der Waals surface area (Å²) in [5, 5.41) is 2.04. The molecule has 1 saturated heterocycles. The number of likely N-dealkylation sites (tertiary alicyclic amines) is 1. The van der Waals surface area contributed by atoms with Gasteiger partial charge >= 0.3 is 0 Å². The van der Waals surface area contributed by atoms with Gasteiger partial charge in [-0.05, 0) is 42.8 Å². The van der Waals surface area contributed by atoms with Gasteiger partial charge in [0.05, 0.1) is 10.6 Å². The molecule has 3 rings (SSSR count). The van der Waals surface area contributed by atoms with Crippen molar-refractivity contribution in [2.75, 3.05) is 19.6 Å². The number of thiophene rings is 1. The summed E-state index contributed by atoms with van der Waals surface area (Å²) in [5.74, 6) is 2.07. The van der Waals surface area contributed by atoms with Gasteiger partial charge in [0.1, 0.15) is 6.26 Å². The highest BCUT2D eigenvalue weighted by Gasteiger charge is 2.25. The van der Waals surface area contributed by atoms with E-state index < -0.39 is 0 Å². The lowest BCUT2D eigenvalue weighted by Gasteiger charge is -2.36. The van der Waals surface area contributed by atoms with E-state index >= 15 is 0 Å². The summed E-state index contributed by atoms with van der Waals surface area (Å²) in [7, 11) is 0. The Bertz CT molecular complexity index is 537. The fourth-order valence-electron chi connectivity index (χ4n) is 2.80. The van der Waals surface area contributed by atoms with Crippen LogP contribution < -0.4 is 5.73 Å². The molecule has 2 unspecified atom stereocenters. The van der Waals surface area contributed by atoms with Crippen LogP contribution in [0.2, 0.25) is 0 Å². The van der Waals surface area contributed by atoms with Crippen molar-refractivity contribution in [1.82, 2.24) is 9.88 Å². The molecule has 108 valence electrons. The maximum Gasteiger partial charge on any atom is 0.236 e. The number of nitrogens with two attached hydrogens (primary N) is 1. The molecular formula is C15H21N3OS. The Morgan fingerprint density at radius 2 is 2.45 bits per heavy atom. The standard InChI is InChI=1S/C15H21N3OS/c1-11-4-5-18(8-12(11)7-16)9-13-10-19-15(17-13)14-3-2-6-20-14/h2-3,6,10-12H,4-5,7-9,16H2,1H3. The Hall–Kier alpha value is -1.17. The van der Waals surface area contributed by atoms with Crippen molar-refractivity contribution in [3.8, 4) is 10.8 Å². The lowest BCUT2D eigenvalue weighted by Crippen LogP contribution is -2.42. The zero-order chi connectivity index (χ0) is 13.9. The Labute approximate surface area is 123 Å². The SMILES string of the molecule is CC1CCN(Cc2coc(-c3cccs3)n2)CC1CN. The van der Waals surface area contributed by atoms with Crippen LogP contribution >= 0.6 is 11.3 Å². The zero-order valence-corrected chi connectivity index (χ0v) is 12.6.